The van der Waals surface area contributed by atoms with Gasteiger partial charge in [-0.25, -0.2) is 0 Å². The smallest absolute Gasteiger partial charge is 0.0638 e. The van der Waals surface area contributed by atoms with Crippen molar-refractivity contribution in [2.75, 3.05) is 26.9 Å². The second kappa shape index (κ2) is 7.89. The quantitative estimate of drug-likeness (QED) is 0.714. The van der Waals surface area contributed by atoms with Crippen LogP contribution in [0.3, 0.4) is 0 Å². The number of nitrogens with one attached hydrogen (secondary N) is 1. The Balaban J connectivity index is 2.32. The maximum Gasteiger partial charge on any atom is 0.0638 e. The molecule has 0 amide bonds. The van der Waals surface area contributed by atoms with E-state index in [1.807, 2.05) is 30.3 Å². The van der Waals surface area contributed by atoms with Gasteiger partial charge in [-0.05, 0) is 12.1 Å². The summed E-state index contributed by atoms with van der Waals surface area (Å²) in [7, 11) is 1.61. The van der Waals surface area contributed by atoms with Crippen molar-refractivity contribution in [3.8, 4) is 11.8 Å². The largest absolute Gasteiger partial charge is 0.395 e. The molecular formula is C13H17NO2. The van der Waals surface area contributed by atoms with E-state index in [1.165, 1.54) is 0 Å². The van der Waals surface area contributed by atoms with Crippen LogP contribution in [0, 0.1) is 11.8 Å². The fourth-order valence-corrected chi connectivity index (χ4v) is 1.24. The van der Waals surface area contributed by atoms with Gasteiger partial charge >= 0.3 is 0 Å². The van der Waals surface area contributed by atoms with Gasteiger partial charge in [-0.2, -0.15) is 0 Å². The van der Waals surface area contributed by atoms with Crippen molar-refractivity contribution in [2.24, 2.45) is 0 Å². The highest BCUT2D eigenvalue weighted by molar-refractivity contribution is 5.33. The Hall–Kier alpha value is -1.34. The number of benzene rings is 1. The summed E-state index contributed by atoms with van der Waals surface area (Å²) in [6.07, 6.45) is 0. The van der Waals surface area contributed by atoms with Crippen molar-refractivity contribution in [3.63, 3.8) is 0 Å². The molecule has 0 aromatic heterocycles. The second-order valence-electron chi connectivity index (χ2n) is 3.38. The fraction of sp³-hybridized carbons (Fsp3) is 0.385. The highest BCUT2D eigenvalue weighted by atomic mass is 16.5. The molecule has 1 unspecified atom stereocenters. The molecule has 0 aliphatic carbocycles. The standard InChI is InChI=1S/C13H17NO2/c1-16-11-13(10-15)14-9-5-8-12-6-3-2-4-7-12/h2-4,6-7,13-15H,9-11H2,1H3. The van der Waals surface area contributed by atoms with Gasteiger partial charge in [-0.1, -0.05) is 30.0 Å². The van der Waals surface area contributed by atoms with Gasteiger partial charge in [0.25, 0.3) is 0 Å². The highest BCUT2D eigenvalue weighted by Crippen LogP contribution is 1.94. The van der Waals surface area contributed by atoms with Crippen LogP contribution in [0.15, 0.2) is 30.3 Å². The zero-order valence-corrected chi connectivity index (χ0v) is 9.44. The van der Waals surface area contributed by atoms with Crippen LogP contribution in [0.25, 0.3) is 0 Å². The highest BCUT2D eigenvalue weighted by Gasteiger charge is 2.03. The predicted octanol–water partition coefficient (Wildman–Crippen LogP) is 0.635. The molecule has 0 spiro atoms. The predicted molar refractivity (Wildman–Crippen MR) is 64.1 cm³/mol. The van der Waals surface area contributed by atoms with Crippen molar-refractivity contribution < 1.29 is 9.84 Å². The molecule has 0 heterocycles. The van der Waals surface area contributed by atoms with Crippen LogP contribution >= 0.6 is 0 Å². The summed E-state index contributed by atoms with van der Waals surface area (Å²) in [5.41, 5.74) is 0.997. The maximum absolute atomic E-state index is 8.98. The van der Waals surface area contributed by atoms with E-state index >= 15 is 0 Å². The summed E-state index contributed by atoms with van der Waals surface area (Å²) in [6, 6.07) is 9.76. The molecule has 1 aromatic rings. The lowest BCUT2D eigenvalue weighted by atomic mass is 10.2. The average molecular weight is 219 g/mol. The number of aliphatic hydroxyl groups is 1. The first-order valence-corrected chi connectivity index (χ1v) is 5.24. The Morgan fingerprint density at radius 1 is 1.38 bits per heavy atom. The summed E-state index contributed by atoms with van der Waals surface area (Å²) in [4.78, 5) is 0. The monoisotopic (exact) mass is 219 g/mol. The zero-order chi connectivity index (χ0) is 11.6. The minimum Gasteiger partial charge on any atom is -0.395 e. The van der Waals surface area contributed by atoms with Gasteiger partial charge in [-0.15, -0.1) is 0 Å². The van der Waals surface area contributed by atoms with Crippen LogP contribution in [0.4, 0.5) is 0 Å². The minimum atomic E-state index is -0.0462. The Labute approximate surface area is 96.4 Å². The molecule has 0 saturated heterocycles. The SMILES string of the molecule is COCC(CO)NCC#Cc1ccccc1. The molecule has 16 heavy (non-hydrogen) atoms. The maximum atomic E-state index is 8.98. The summed E-state index contributed by atoms with van der Waals surface area (Å²) in [5, 5.41) is 12.1. The van der Waals surface area contributed by atoms with Gasteiger partial charge in [0, 0.05) is 12.7 Å². The van der Waals surface area contributed by atoms with Crippen LogP contribution in [-0.4, -0.2) is 38.0 Å². The van der Waals surface area contributed by atoms with Crippen LogP contribution in [0.2, 0.25) is 0 Å². The third kappa shape index (κ3) is 4.94. The molecule has 0 bridgehead atoms. The fourth-order valence-electron chi connectivity index (χ4n) is 1.24. The number of aliphatic hydroxyl groups excluding tert-OH is 1. The molecule has 3 nitrogen and oxygen atoms in total. The second-order valence-corrected chi connectivity index (χ2v) is 3.38. The number of methoxy groups -OCH3 is 1. The molecule has 1 aromatic carbocycles. The number of hydrogen-bond acceptors (Lipinski definition) is 3. The molecule has 0 saturated carbocycles. The van der Waals surface area contributed by atoms with E-state index in [0.29, 0.717) is 13.2 Å². The van der Waals surface area contributed by atoms with Crippen molar-refractivity contribution in [3.05, 3.63) is 35.9 Å². The van der Waals surface area contributed by atoms with Gasteiger partial charge in [0.15, 0.2) is 0 Å². The van der Waals surface area contributed by atoms with Gasteiger partial charge in [0.2, 0.25) is 0 Å². The van der Waals surface area contributed by atoms with E-state index in [-0.39, 0.29) is 12.6 Å². The zero-order valence-electron chi connectivity index (χ0n) is 9.44. The Kier molecular flexibility index (Phi) is 6.28. The summed E-state index contributed by atoms with van der Waals surface area (Å²) in [5.74, 6) is 6.03. The van der Waals surface area contributed by atoms with Crippen molar-refractivity contribution in [2.45, 2.75) is 6.04 Å². The van der Waals surface area contributed by atoms with Gasteiger partial charge in [-0.3, -0.25) is 5.32 Å². The van der Waals surface area contributed by atoms with Crippen LogP contribution in [0.5, 0.6) is 0 Å². The van der Waals surface area contributed by atoms with E-state index in [0.717, 1.165) is 5.56 Å². The third-order valence-electron chi connectivity index (χ3n) is 2.07. The Bertz CT molecular complexity index is 340. The molecule has 0 fully saturated rings. The van der Waals surface area contributed by atoms with Crippen molar-refractivity contribution >= 4 is 0 Å². The summed E-state index contributed by atoms with van der Waals surface area (Å²) < 4.78 is 4.94. The first-order valence-electron chi connectivity index (χ1n) is 5.24. The molecule has 1 rings (SSSR count). The molecular weight excluding hydrogens is 202 g/mol. The van der Waals surface area contributed by atoms with Crippen LogP contribution in [-0.2, 0) is 4.74 Å². The van der Waals surface area contributed by atoms with Crippen LogP contribution in [0.1, 0.15) is 5.56 Å². The molecule has 0 aliphatic rings. The first-order chi connectivity index (χ1) is 7.86. The van der Waals surface area contributed by atoms with Gasteiger partial charge in [0.1, 0.15) is 0 Å². The minimum absolute atomic E-state index is 0.0462. The molecule has 0 aliphatic heterocycles. The van der Waals surface area contributed by atoms with E-state index in [9.17, 15) is 0 Å². The number of hydrogen-bond donors (Lipinski definition) is 2. The normalized spacial score (nSPS) is 11.6. The van der Waals surface area contributed by atoms with E-state index in [2.05, 4.69) is 17.2 Å². The molecule has 1 atom stereocenters. The van der Waals surface area contributed by atoms with Gasteiger partial charge < -0.3 is 9.84 Å². The van der Waals surface area contributed by atoms with Crippen molar-refractivity contribution in [1.29, 1.82) is 0 Å². The third-order valence-corrected chi connectivity index (χ3v) is 2.07. The lowest BCUT2D eigenvalue weighted by Crippen LogP contribution is -2.36. The topological polar surface area (TPSA) is 41.5 Å². The summed E-state index contributed by atoms with van der Waals surface area (Å²) in [6.45, 7) is 1.09. The van der Waals surface area contributed by atoms with E-state index in [1.54, 1.807) is 7.11 Å². The van der Waals surface area contributed by atoms with Crippen LogP contribution < -0.4 is 5.32 Å². The lowest BCUT2D eigenvalue weighted by Gasteiger charge is -2.12. The molecule has 2 N–H and O–H groups in total. The lowest BCUT2D eigenvalue weighted by molar-refractivity contribution is 0.131. The number of rotatable bonds is 5. The molecule has 3 heteroatoms. The van der Waals surface area contributed by atoms with E-state index in [4.69, 9.17) is 9.84 Å². The molecule has 86 valence electrons. The number of ether oxygens (including phenoxy) is 1. The first kappa shape index (κ1) is 12.7. The average Bonchev–Trinajstić information content (AvgIpc) is 2.34. The van der Waals surface area contributed by atoms with Crippen molar-refractivity contribution in [1.82, 2.24) is 5.32 Å². The summed E-state index contributed by atoms with van der Waals surface area (Å²) >= 11 is 0. The van der Waals surface area contributed by atoms with Gasteiger partial charge in [0.05, 0.1) is 25.8 Å². The Morgan fingerprint density at radius 3 is 2.75 bits per heavy atom. The molecule has 0 radical (unpaired) electrons. The Morgan fingerprint density at radius 2 is 2.12 bits per heavy atom. The van der Waals surface area contributed by atoms with E-state index < -0.39 is 0 Å².